The van der Waals surface area contributed by atoms with Crippen molar-refractivity contribution < 1.29 is 0 Å². The number of allylic oxidation sites excluding steroid dienone is 3. The quantitative estimate of drug-likeness (QED) is 0.543. The fraction of sp³-hybridized carbons (Fsp3) is 0.765. The molecule has 4 atom stereocenters. The second kappa shape index (κ2) is 7.03. The van der Waals surface area contributed by atoms with Gasteiger partial charge in [0.05, 0.1) is 0 Å². The minimum absolute atomic E-state index is 0.754. The molecule has 0 aliphatic heterocycles. The molecule has 1 aliphatic carbocycles. The van der Waals surface area contributed by atoms with Crippen molar-refractivity contribution >= 4 is 0 Å². The molecule has 98 valence electrons. The highest BCUT2D eigenvalue weighted by Gasteiger charge is 2.27. The molecule has 0 saturated heterocycles. The summed E-state index contributed by atoms with van der Waals surface area (Å²) in [6.45, 7) is 13.2. The molecule has 1 saturated carbocycles. The van der Waals surface area contributed by atoms with Crippen LogP contribution in [0.1, 0.15) is 59.8 Å². The molecule has 0 bridgehead atoms. The van der Waals surface area contributed by atoms with Crippen molar-refractivity contribution in [2.24, 2.45) is 23.7 Å². The fourth-order valence-corrected chi connectivity index (χ4v) is 3.39. The van der Waals surface area contributed by atoms with Gasteiger partial charge in [-0.15, -0.1) is 6.58 Å². The summed E-state index contributed by atoms with van der Waals surface area (Å²) in [5.41, 5.74) is 1.36. The Bertz CT molecular complexity index is 261. The molecular weight excluding hydrogens is 204 g/mol. The van der Waals surface area contributed by atoms with Crippen LogP contribution in [0.3, 0.4) is 0 Å². The van der Waals surface area contributed by atoms with Gasteiger partial charge in [0, 0.05) is 0 Å². The maximum absolute atomic E-state index is 4.09. The summed E-state index contributed by atoms with van der Waals surface area (Å²) in [6.07, 6.45) is 11.5. The predicted molar refractivity (Wildman–Crippen MR) is 78.0 cm³/mol. The largest absolute Gasteiger partial charge is 0.100 e. The molecule has 17 heavy (non-hydrogen) atoms. The van der Waals surface area contributed by atoms with Gasteiger partial charge in [0.15, 0.2) is 0 Å². The molecule has 1 aliphatic rings. The monoisotopic (exact) mass is 234 g/mol. The lowest BCUT2D eigenvalue weighted by Gasteiger charge is -2.35. The van der Waals surface area contributed by atoms with Gasteiger partial charge in [-0.05, 0) is 56.8 Å². The molecule has 0 radical (unpaired) electrons. The van der Waals surface area contributed by atoms with Crippen LogP contribution in [0.5, 0.6) is 0 Å². The third kappa shape index (κ3) is 5.10. The lowest BCUT2D eigenvalue weighted by molar-refractivity contribution is 0.177. The van der Waals surface area contributed by atoms with Gasteiger partial charge in [-0.25, -0.2) is 0 Å². The van der Waals surface area contributed by atoms with Crippen molar-refractivity contribution in [3.8, 4) is 0 Å². The van der Waals surface area contributed by atoms with Gasteiger partial charge in [0.2, 0.25) is 0 Å². The van der Waals surface area contributed by atoms with Crippen LogP contribution in [-0.2, 0) is 0 Å². The van der Waals surface area contributed by atoms with Crippen molar-refractivity contribution in [3.05, 3.63) is 24.3 Å². The molecule has 1 rings (SSSR count). The average molecular weight is 234 g/mol. The van der Waals surface area contributed by atoms with Crippen LogP contribution in [0.4, 0.5) is 0 Å². The van der Waals surface area contributed by atoms with Crippen LogP contribution in [0.2, 0.25) is 0 Å². The second-order valence-electron chi connectivity index (χ2n) is 6.32. The summed E-state index contributed by atoms with van der Waals surface area (Å²) >= 11 is 0. The molecule has 0 aromatic heterocycles. The summed E-state index contributed by atoms with van der Waals surface area (Å²) in [7, 11) is 0. The van der Waals surface area contributed by atoms with Crippen LogP contribution in [0.25, 0.3) is 0 Å². The summed E-state index contributed by atoms with van der Waals surface area (Å²) in [5.74, 6) is 3.50. The normalized spacial score (nSPS) is 31.6. The number of hydrogen-bond donors (Lipinski definition) is 0. The first-order chi connectivity index (χ1) is 8.02. The molecular formula is C17H30. The fourth-order valence-electron chi connectivity index (χ4n) is 3.39. The van der Waals surface area contributed by atoms with Crippen molar-refractivity contribution in [2.75, 3.05) is 0 Å². The highest BCUT2D eigenvalue weighted by molar-refractivity contribution is 4.94. The zero-order valence-corrected chi connectivity index (χ0v) is 12.2. The Hall–Kier alpha value is -0.520. The third-order valence-electron chi connectivity index (χ3n) is 4.31. The zero-order chi connectivity index (χ0) is 12.8. The average Bonchev–Trinajstić information content (AvgIpc) is 2.22. The van der Waals surface area contributed by atoms with Crippen molar-refractivity contribution in [1.82, 2.24) is 0 Å². The van der Waals surface area contributed by atoms with Gasteiger partial charge >= 0.3 is 0 Å². The van der Waals surface area contributed by atoms with E-state index in [1.54, 1.807) is 0 Å². The smallest absolute Gasteiger partial charge is 0.0259 e. The topological polar surface area (TPSA) is 0 Å². The third-order valence-corrected chi connectivity index (χ3v) is 4.31. The second-order valence-corrected chi connectivity index (χ2v) is 6.32. The van der Waals surface area contributed by atoms with Crippen molar-refractivity contribution in [1.29, 1.82) is 0 Å². The van der Waals surface area contributed by atoms with Crippen LogP contribution in [0, 0.1) is 23.7 Å². The molecule has 0 spiro atoms. The number of hydrogen-bond acceptors (Lipinski definition) is 0. The first-order valence-corrected chi connectivity index (χ1v) is 7.30. The van der Waals surface area contributed by atoms with E-state index in [4.69, 9.17) is 0 Å². The van der Waals surface area contributed by atoms with Crippen LogP contribution < -0.4 is 0 Å². The SMILES string of the molecule is C=C(C)CC1CC(CC(C)/C=C/C)CCC1C. The molecule has 1 fully saturated rings. The highest BCUT2D eigenvalue weighted by Crippen LogP contribution is 2.39. The Labute approximate surface area is 108 Å². The van der Waals surface area contributed by atoms with Gasteiger partial charge in [-0.1, -0.05) is 44.4 Å². The van der Waals surface area contributed by atoms with E-state index in [1.807, 2.05) is 0 Å². The molecule has 4 unspecified atom stereocenters. The van der Waals surface area contributed by atoms with Gasteiger partial charge in [0.25, 0.3) is 0 Å². The Morgan fingerprint density at radius 2 is 2.12 bits per heavy atom. The lowest BCUT2D eigenvalue weighted by atomic mass is 9.70. The van der Waals surface area contributed by atoms with Crippen molar-refractivity contribution in [2.45, 2.75) is 59.8 Å². The molecule has 0 nitrogen and oxygen atoms in total. The summed E-state index contributed by atoms with van der Waals surface area (Å²) in [5, 5.41) is 0. The molecule has 0 aromatic carbocycles. The summed E-state index contributed by atoms with van der Waals surface area (Å²) in [4.78, 5) is 0. The van der Waals surface area contributed by atoms with Crippen LogP contribution in [-0.4, -0.2) is 0 Å². The first-order valence-electron chi connectivity index (χ1n) is 7.30. The molecule has 0 amide bonds. The van der Waals surface area contributed by atoms with Crippen LogP contribution >= 0.6 is 0 Å². The Kier molecular flexibility index (Phi) is 6.02. The standard InChI is InChI=1S/C17H30/c1-6-7-14(4)11-16-9-8-15(5)17(12-16)10-13(2)3/h6-7,14-17H,2,8-12H2,1,3-5H3/b7-6+. The highest BCUT2D eigenvalue weighted by atomic mass is 14.3. The van der Waals surface area contributed by atoms with E-state index in [1.165, 1.54) is 37.7 Å². The Balaban J connectivity index is 2.46. The lowest BCUT2D eigenvalue weighted by Crippen LogP contribution is -2.24. The van der Waals surface area contributed by atoms with Gasteiger partial charge < -0.3 is 0 Å². The van der Waals surface area contributed by atoms with Gasteiger partial charge in [0.1, 0.15) is 0 Å². The predicted octanol–water partition coefficient (Wildman–Crippen LogP) is 5.61. The van der Waals surface area contributed by atoms with E-state index in [0.29, 0.717) is 0 Å². The first kappa shape index (κ1) is 14.5. The van der Waals surface area contributed by atoms with Gasteiger partial charge in [-0.2, -0.15) is 0 Å². The van der Waals surface area contributed by atoms with E-state index in [9.17, 15) is 0 Å². The minimum Gasteiger partial charge on any atom is -0.100 e. The maximum Gasteiger partial charge on any atom is -0.0259 e. The van der Waals surface area contributed by atoms with E-state index in [0.717, 1.165) is 23.7 Å². The molecule has 0 N–H and O–H groups in total. The van der Waals surface area contributed by atoms with E-state index < -0.39 is 0 Å². The molecule has 0 heterocycles. The minimum atomic E-state index is 0.754. The van der Waals surface area contributed by atoms with Gasteiger partial charge in [-0.3, -0.25) is 0 Å². The van der Waals surface area contributed by atoms with E-state index in [-0.39, 0.29) is 0 Å². The molecule has 0 aromatic rings. The van der Waals surface area contributed by atoms with Crippen LogP contribution in [0.15, 0.2) is 24.3 Å². The Morgan fingerprint density at radius 3 is 2.71 bits per heavy atom. The zero-order valence-electron chi connectivity index (χ0n) is 12.2. The van der Waals surface area contributed by atoms with E-state index in [2.05, 4.69) is 46.4 Å². The number of rotatable bonds is 5. The molecule has 0 heteroatoms. The summed E-state index contributed by atoms with van der Waals surface area (Å²) in [6, 6.07) is 0. The van der Waals surface area contributed by atoms with E-state index >= 15 is 0 Å². The Morgan fingerprint density at radius 1 is 1.41 bits per heavy atom. The maximum atomic E-state index is 4.09. The summed E-state index contributed by atoms with van der Waals surface area (Å²) < 4.78 is 0. The van der Waals surface area contributed by atoms with Crippen molar-refractivity contribution in [3.63, 3.8) is 0 Å².